The third kappa shape index (κ3) is 4.27. The van der Waals surface area contributed by atoms with E-state index in [1.54, 1.807) is 7.11 Å². The van der Waals surface area contributed by atoms with Crippen LogP contribution in [-0.2, 0) is 4.74 Å². The van der Waals surface area contributed by atoms with Gasteiger partial charge < -0.3 is 19.3 Å². The number of benzene rings is 1. The largest absolute Gasteiger partial charge is 0.496 e. The zero-order valence-corrected chi connectivity index (χ0v) is 15.4. The highest BCUT2D eigenvalue weighted by atomic mass is 16.6. The summed E-state index contributed by atoms with van der Waals surface area (Å²) in [6.45, 7) is 6.21. The topological polar surface area (TPSA) is 42.0 Å². The molecule has 1 aromatic carbocycles. The van der Waals surface area contributed by atoms with Crippen molar-refractivity contribution < 1.29 is 14.3 Å². The van der Waals surface area contributed by atoms with Gasteiger partial charge in [0, 0.05) is 19.1 Å². The van der Waals surface area contributed by atoms with Gasteiger partial charge in [-0.25, -0.2) is 4.79 Å². The predicted molar refractivity (Wildman–Crippen MR) is 98.2 cm³/mol. The van der Waals surface area contributed by atoms with Crippen LogP contribution in [0, 0.1) is 0 Å². The van der Waals surface area contributed by atoms with Crippen LogP contribution < -0.4 is 4.74 Å². The summed E-state index contributed by atoms with van der Waals surface area (Å²) in [4.78, 5) is 16.3. The van der Waals surface area contributed by atoms with Crippen molar-refractivity contribution in [1.29, 1.82) is 0 Å². The Hall–Kier alpha value is -1.75. The lowest BCUT2D eigenvalue weighted by molar-refractivity contribution is 0.0662. The van der Waals surface area contributed by atoms with E-state index in [4.69, 9.17) is 9.47 Å². The molecule has 5 heteroatoms. The Morgan fingerprint density at radius 3 is 2.40 bits per heavy atom. The Morgan fingerprint density at radius 1 is 1.08 bits per heavy atom. The molecule has 0 aliphatic carbocycles. The van der Waals surface area contributed by atoms with Gasteiger partial charge in [-0.3, -0.25) is 0 Å². The summed E-state index contributed by atoms with van der Waals surface area (Å²) in [5.74, 6) is 1.61. The van der Waals surface area contributed by atoms with Crippen molar-refractivity contribution >= 4 is 6.09 Å². The molecule has 0 saturated carbocycles. The fourth-order valence-corrected chi connectivity index (χ4v) is 4.21. The molecule has 0 spiro atoms. The summed E-state index contributed by atoms with van der Waals surface area (Å²) in [7, 11) is 1.76. The lowest BCUT2D eigenvalue weighted by atomic mass is 9.87. The van der Waals surface area contributed by atoms with Gasteiger partial charge in [0.15, 0.2) is 0 Å². The van der Waals surface area contributed by atoms with Gasteiger partial charge in [-0.05, 0) is 63.2 Å². The van der Waals surface area contributed by atoms with Crippen molar-refractivity contribution in [2.45, 2.75) is 44.6 Å². The zero-order valence-electron chi connectivity index (χ0n) is 15.4. The number of carbonyl (C=O) groups is 1. The molecule has 0 atom stereocenters. The van der Waals surface area contributed by atoms with Crippen LogP contribution >= 0.6 is 0 Å². The second-order valence-electron chi connectivity index (χ2n) is 6.97. The standard InChI is InChI=1S/C20H30N2O3/c1-3-25-20(23)22-14-10-17(11-15-22)21-12-8-16(9-13-21)18-6-4-5-7-19(18)24-2/h4-7,16-17H,3,8-15H2,1-2H3. The normalized spacial score (nSPS) is 20.5. The maximum atomic E-state index is 11.8. The molecular formula is C20H30N2O3. The number of methoxy groups -OCH3 is 1. The predicted octanol–water partition coefficient (Wildman–Crippen LogP) is 3.50. The summed E-state index contributed by atoms with van der Waals surface area (Å²) < 4.78 is 10.6. The number of hydrogen-bond donors (Lipinski definition) is 0. The second-order valence-corrected chi connectivity index (χ2v) is 6.97. The highest BCUT2D eigenvalue weighted by Gasteiger charge is 2.30. The van der Waals surface area contributed by atoms with Crippen LogP contribution in [0.2, 0.25) is 0 Å². The molecule has 0 N–H and O–H groups in total. The minimum atomic E-state index is -0.157. The molecule has 1 amide bonds. The Balaban J connectivity index is 1.49. The number of rotatable bonds is 4. The second kappa shape index (κ2) is 8.56. The van der Waals surface area contributed by atoms with Gasteiger partial charge >= 0.3 is 6.09 Å². The third-order valence-corrected chi connectivity index (χ3v) is 5.62. The minimum absolute atomic E-state index is 0.157. The Morgan fingerprint density at radius 2 is 1.76 bits per heavy atom. The molecular weight excluding hydrogens is 316 g/mol. The summed E-state index contributed by atoms with van der Waals surface area (Å²) in [5.41, 5.74) is 1.35. The molecule has 0 unspecified atom stereocenters. The number of amides is 1. The summed E-state index contributed by atoms with van der Waals surface area (Å²) >= 11 is 0. The van der Waals surface area contributed by atoms with Crippen molar-refractivity contribution in [2.24, 2.45) is 0 Å². The van der Waals surface area contributed by atoms with Crippen LogP contribution in [0.4, 0.5) is 4.79 Å². The number of para-hydroxylation sites is 1. The Labute approximate surface area is 150 Å². The van der Waals surface area contributed by atoms with E-state index in [2.05, 4.69) is 23.1 Å². The summed E-state index contributed by atoms with van der Waals surface area (Å²) in [5, 5.41) is 0. The molecule has 1 aromatic rings. The van der Waals surface area contributed by atoms with Crippen molar-refractivity contribution in [3.05, 3.63) is 29.8 Å². The maximum Gasteiger partial charge on any atom is 0.409 e. The van der Waals surface area contributed by atoms with Crippen LogP contribution in [0.3, 0.4) is 0 Å². The number of piperidine rings is 2. The van der Waals surface area contributed by atoms with Gasteiger partial charge in [0.25, 0.3) is 0 Å². The van der Waals surface area contributed by atoms with E-state index in [1.807, 2.05) is 17.9 Å². The highest BCUT2D eigenvalue weighted by molar-refractivity contribution is 5.67. The van der Waals surface area contributed by atoms with E-state index in [0.29, 0.717) is 18.6 Å². The number of nitrogens with zero attached hydrogens (tertiary/aromatic N) is 2. The molecule has 5 nitrogen and oxygen atoms in total. The van der Waals surface area contributed by atoms with Crippen LogP contribution in [0.5, 0.6) is 5.75 Å². The van der Waals surface area contributed by atoms with Gasteiger partial charge in [0.1, 0.15) is 5.75 Å². The van der Waals surface area contributed by atoms with E-state index in [9.17, 15) is 4.79 Å². The fourth-order valence-electron chi connectivity index (χ4n) is 4.21. The molecule has 2 fully saturated rings. The Bertz CT molecular complexity index is 562. The maximum absolute atomic E-state index is 11.8. The summed E-state index contributed by atoms with van der Waals surface area (Å²) in [6, 6.07) is 9.01. The van der Waals surface area contributed by atoms with Gasteiger partial charge in [0.2, 0.25) is 0 Å². The first-order chi connectivity index (χ1) is 12.2. The highest BCUT2D eigenvalue weighted by Crippen LogP contribution is 2.35. The average molecular weight is 346 g/mol. The van der Waals surface area contributed by atoms with Crippen LogP contribution in [0.1, 0.15) is 44.1 Å². The molecule has 138 valence electrons. The van der Waals surface area contributed by atoms with Gasteiger partial charge in [-0.2, -0.15) is 0 Å². The first-order valence-electron chi connectivity index (χ1n) is 9.51. The number of hydrogen-bond acceptors (Lipinski definition) is 4. The Kier molecular flexibility index (Phi) is 6.19. The molecule has 0 bridgehead atoms. The molecule has 2 saturated heterocycles. The van der Waals surface area contributed by atoms with Crippen molar-refractivity contribution in [2.75, 3.05) is 39.9 Å². The SMILES string of the molecule is CCOC(=O)N1CCC(N2CCC(c3ccccc3OC)CC2)CC1. The van der Waals surface area contributed by atoms with Gasteiger partial charge in [-0.1, -0.05) is 18.2 Å². The molecule has 3 rings (SSSR count). The first-order valence-corrected chi connectivity index (χ1v) is 9.51. The van der Waals surface area contributed by atoms with E-state index in [-0.39, 0.29) is 6.09 Å². The lowest BCUT2D eigenvalue weighted by Crippen LogP contribution is -2.48. The van der Waals surface area contributed by atoms with Gasteiger partial charge in [0.05, 0.1) is 13.7 Å². The van der Waals surface area contributed by atoms with E-state index in [0.717, 1.165) is 44.8 Å². The molecule has 25 heavy (non-hydrogen) atoms. The van der Waals surface area contributed by atoms with Crippen molar-refractivity contribution in [1.82, 2.24) is 9.80 Å². The average Bonchev–Trinajstić information content (AvgIpc) is 2.68. The van der Waals surface area contributed by atoms with E-state index >= 15 is 0 Å². The number of likely N-dealkylation sites (tertiary alicyclic amines) is 2. The molecule has 0 radical (unpaired) electrons. The molecule has 2 aliphatic heterocycles. The van der Waals surface area contributed by atoms with Crippen LogP contribution in [0.25, 0.3) is 0 Å². The van der Waals surface area contributed by atoms with Crippen LogP contribution in [-0.4, -0.2) is 61.8 Å². The third-order valence-electron chi connectivity index (χ3n) is 5.62. The number of carbonyl (C=O) groups excluding carboxylic acids is 1. The fraction of sp³-hybridized carbons (Fsp3) is 0.650. The first kappa shape index (κ1) is 18.1. The monoisotopic (exact) mass is 346 g/mol. The van der Waals surface area contributed by atoms with Crippen LogP contribution in [0.15, 0.2) is 24.3 Å². The summed E-state index contributed by atoms with van der Waals surface area (Å²) in [6.07, 6.45) is 4.31. The molecule has 2 heterocycles. The molecule has 2 aliphatic rings. The van der Waals surface area contributed by atoms with Crippen molar-refractivity contribution in [3.63, 3.8) is 0 Å². The quantitative estimate of drug-likeness (QED) is 0.837. The minimum Gasteiger partial charge on any atom is -0.496 e. The van der Waals surface area contributed by atoms with Crippen molar-refractivity contribution in [3.8, 4) is 5.75 Å². The van der Waals surface area contributed by atoms with E-state index in [1.165, 1.54) is 18.4 Å². The smallest absolute Gasteiger partial charge is 0.409 e. The molecule has 0 aromatic heterocycles. The zero-order chi connectivity index (χ0) is 17.6. The number of ether oxygens (including phenoxy) is 2. The lowest BCUT2D eigenvalue weighted by Gasteiger charge is -2.41. The van der Waals surface area contributed by atoms with E-state index < -0.39 is 0 Å². The van der Waals surface area contributed by atoms with Gasteiger partial charge in [-0.15, -0.1) is 0 Å².